The van der Waals surface area contributed by atoms with Crippen LogP contribution in [-0.4, -0.2) is 60.7 Å². The van der Waals surface area contributed by atoms with E-state index in [0.717, 1.165) is 19.4 Å². The topological polar surface area (TPSA) is 74.8 Å². The number of sulfone groups is 1. The minimum absolute atomic E-state index is 0.0426. The van der Waals surface area contributed by atoms with Gasteiger partial charge in [0.1, 0.15) is 0 Å². The monoisotopic (exact) mass is 382 g/mol. The van der Waals surface area contributed by atoms with E-state index in [4.69, 9.17) is 0 Å². The minimum atomic E-state index is -3.04. The first-order valence-electron chi connectivity index (χ1n) is 8.77. The molecular weight excluding hydrogens is 360 g/mol. The summed E-state index contributed by atoms with van der Waals surface area (Å²) in [6.45, 7) is 1.10. The Morgan fingerprint density at radius 3 is 2.80 bits per heavy atom. The van der Waals surface area contributed by atoms with E-state index in [1.807, 2.05) is 10.3 Å². The van der Waals surface area contributed by atoms with Crippen molar-refractivity contribution >= 4 is 33.0 Å². The zero-order valence-corrected chi connectivity index (χ0v) is 15.6. The molecule has 0 aromatic carbocycles. The standard InChI is InChI=1S/C17H22N2O4S2/c20-16-8-13(9-19(16)14-4-7-25(22,23)11-14)17(21)18-5-1-2-15(18)12-3-6-24-10-12/h3,6,10,13-15H,1-2,4-5,7-9,11H2/t13-,14-,15+/m0/s1. The summed E-state index contributed by atoms with van der Waals surface area (Å²) in [6.07, 6.45) is 2.66. The van der Waals surface area contributed by atoms with Gasteiger partial charge in [-0.1, -0.05) is 0 Å². The van der Waals surface area contributed by atoms with Gasteiger partial charge in [0.05, 0.1) is 23.5 Å². The van der Waals surface area contributed by atoms with Gasteiger partial charge >= 0.3 is 0 Å². The highest BCUT2D eigenvalue weighted by molar-refractivity contribution is 7.91. The van der Waals surface area contributed by atoms with Crippen molar-refractivity contribution in [2.45, 2.75) is 37.8 Å². The molecular formula is C17H22N2O4S2. The Bertz CT molecular complexity index is 775. The Morgan fingerprint density at radius 1 is 1.28 bits per heavy atom. The summed E-state index contributed by atoms with van der Waals surface area (Å²) in [5.41, 5.74) is 1.18. The largest absolute Gasteiger partial charge is 0.338 e. The molecule has 6 nitrogen and oxygen atoms in total. The van der Waals surface area contributed by atoms with Crippen LogP contribution in [0.15, 0.2) is 16.8 Å². The maximum Gasteiger partial charge on any atom is 0.228 e. The van der Waals surface area contributed by atoms with Gasteiger partial charge < -0.3 is 9.80 Å². The number of thiophene rings is 1. The lowest BCUT2D eigenvalue weighted by molar-refractivity contribution is -0.136. The summed E-state index contributed by atoms with van der Waals surface area (Å²) in [5, 5.41) is 4.11. The summed E-state index contributed by atoms with van der Waals surface area (Å²) in [6, 6.07) is 1.94. The Hall–Kier alpha value is -1.41. The molecule has 0 saturated carbocycles. The van der Waals surface area contributed by atoms with Crippen LogP contribution in [0.1, 0.15) is 37.3 Å². The second-order valence-corrected chi connectivity index (χ2v) is 10.3. The zero-order valence-electron chi connectivity index (χ0n) is 14.0. The summed E-state index contributed by atoms with van der Waals surface area (Å²) in [5.74, 6) is -0.181. The van der Waals surface area contributed by atoms with Gasteiger partial charge in [0.2, 0.25) is 11.8 Å². The highest BCUT2D eigenvalue weighted by Crippen LogP contribution is 2.36. The summed E-state index contributed by atoms with van der Waals surface area (Å²) >= 11 is 1.63. The van der Waals surface area contributed by atoms with E-state index < -0.39 is 9.84 Å². The summed E-state index contributed by atoms with van der Waals surface area (Å²) < 4.78 is 23.4. The first kappa shape index (κ1) is 17.0. The van der Waals surface area contributed by atoms with Crippen molar-refractivity contribution in [1.82, 2.24) is 9.80 Å². The lowest BCUT2D eigenvalue weighted by Gasteiger charge is -2.28. The van der Waals surface area contributed by atoms with Crippen LogP contribution in [0.2, 0.25) is 0 Å². The van der Waals surface area contributed by atoms with Crippen LogP contribution in [-0.2, 0) is 19.4 Å². The van der Waals surface area contributed by atoms with Crippen molar-refractivity contribution in [3.63, 3.8) is 0 Å². The molecule has 0 N–H and O–H groups in total. The third kappa shape index (κ3) is 3.21. The highest BCUT2D eigenvalue weighted by Gasteiger charge is 2.44. The molecule has 3 saturated heterocycles. The van der Waals surface area contributed by atoms with Gasteiger partial charge in [-0.05, 0) is 41.7 Å². The Morgan fingerprint density at radius 2 is 2.12 bits per heavy atom. The van der Waals surface area contributed by atoms with E-state index in [9.17, 15) is 18.0 Å². The van der Waals surface area contributed by atoms with Crippen molar-refractivity contribution in [2.75, 3.05) is 24.6 Å². The molecule has 0 unspecified atom stereocenters. The smallest absolute Gasteiger partial charge is 0.228 e. The molecule has 0 bridgehead atoms. The van der Waals surface area contributed by atoms with Gasteiger partial charge in [-0.15, -0.1) is 0 Å². The molecule has 4 rings (SSSR count). The predicted octanol–water partition coefficient (Wildman–Crippen LogP) is 1.45. The lowest BCUT2D eigenvalue weighted by Crippen LogP contribution is -2.40. The molecule has 136 valence electrons. The van der Waals surface area contributed by atoms with Crippen LogP contribution in [0.25, 0.3) is 0 Å². The molecule has 3 aliphatic rings. The molecule has 0 radical (unpaired) electrons. The van der Waals surface area contributed by atoms with Crippen LogP contribution in [0.3, 0.4) is 0 Å². The van der Waals surface area contributed by atoms with E-state index >= 15 is 0 Å². The van der Waals surface area contributed by atoms with E-state index in [1.165, 1.54) is 5.56 Å². The van der Waals surface area contributed by atoms with Crippen LogP contribution in [0.5, 0.6) is 0 Å². The number of nitrogens with zero attached hydrogens (tertiary/aromatic N) is 2. The average molecular weight is 383 g/mol. The van der Waals surface area contributed by atoms with Crippen molar-refractivity contribution in [2.24, 2.45) is 5.92 Å². The third-order valence-corrected chi connectivity index (χ3v) is 8.07. The predicted molar refractivity (Wildman–Crippen MR) is 94.9 cm³/mol. The molecule has 2 amide bonds. The van der Waals surface area contributed by atoms with Gasteiger partial charge in [0.15, 0.2) is 9.84 Å². The van der Waals surface area contributed by atoms with E-state index in [0.29, 0.717) is 13.0 Å². The Labute approximate surface area is 151 Å². The second kappa shape index (κ2) is 6.39. The fourth-order valence-electron chi connectivity index (χ4n) is 4.35. The fraction of sp³-hybridized carbons (Fsp3) is 0.647. The van der Waals surface area contributed by atoms with Crippen LogP contribution in [0.4, 0.5) is 0 Å². The molecule has 0 aliphatic carbocycles. The third-order valence-electron chi connectivity index (χ3n) is 5.62. The van der Waals surface area contributed by atoms with Crippen LogP contribution >= 0.6 is 11.3 Å². The number of carbonyl (C=O) groups excluding carboxylic acids is 2. The summed E-state index contributed by atoms with van der Waals surface area (Å²) in [4.78, 5) is 29.0. The zero-order chi connectivity index (χ0) is 17.6. The van der Waals surface area contributed by atoms with Gasteiger partial charge in [-0.25, -0.2) is 8.42 Å². The first-order chi connectivity index (χ1) is 11.9. The molecule has 4 heterocycles. The SMILES string of the molecule is O=C1C[C@H](C(=O)N2CCC[C@@H]2c2ccsc2)CN1[C@H]1CCS(=O)(=O)C1. The van der Waals surface area contributed by atoms with Gasteiger partial charge in [-0.2, -0.15) is 11.3 Å². The minimum Gasteiger partial charge on any atom is -0.338 e. The first-order valence-corrected chi connectivity index (χ1v) is 11.5. The van der Waals surface area contributed by atoms with Crippen LogP contribution < -0.4 is 0 Å². The van der Waals surface area contributed by atoms with Crippen molar-refractivity contribution in [3.8, 4) is 0 Å². The van der Waals surface area contributed by atoms with Crippen LogP contribution in [0, 0.1) is 5.92 Å². The van der Waals surface area contributed by atoms with Gasteiger partial charge in [0.25, 0.3) is 0 Å². The molecule has 3 aliphatic heterocycles. The molecule has 1 aromatic rings. The average Bonchev–Trinajstić information content (AvgIpc) is 3.31. The van der Waals surface area contributed by atoms with Crippen molar-refractivity contribution < 1.29 is 18.0 Å². The number of likely N-dealkylation sites (tertiary alicyclic amines) is 2. The number of amides is 2. The number of rotatable bonds is 3. The van der Waals surface area contributed by atoms with Gasteiger partial charge in [-0.3, -0.25) is 9.59 Å². The van der Waals surface area contributed by atoms with Crippen molar-refractivity contribution in [3.05, 3.63) is 22.4 Å². The lowest BCUT2D eigenvalue weighted by atomic mass is 10.0. The number of hydrogen-bond acceptors (Lipinski definition) is 5. The fourth-order valence-corrected chi connectivity index (χ4v) is 6.79. The summed E-state index contributed by atoms with van der Waals surface area (Å²) in [7, 11) is -3.04. The molecule has 8 heteroatoms. The molecule has 0 spiro atoms. The Balaban J connectivity index is 1.46. The highest BCUT2D eigenvalue weighted by atomic mass is 32.2. The second-order valence-electron chi connectivity index (χ2n) is 7.25. The van der Waals surface area contributed by atoms with E-state index in [2.05, 4.69) is 11.4 Å². The molecule has 25 heavy (non-hydrogen) atoms. The van der Waals surface area contributed by atoms with Crippen molar-refractivity contribution in [1.29, 1.82) is 0 Å². The molecule has 3 atom stereocenters. The maximum atomic E-state index is 13.0. The molecule has 1 aromatic heterocycles. The maximum absolute atomic E-state index is 13.0. The number of carbonyl (C=O) groups is 2. The van der Waals surface area contributed by atoms with E-state index in [-0.39, 0.29) is 47.7 Å². The Kier molecular flexibility index (Phi) is 4.35. The quantitative estimate of drug-likeness (QED) is 0.793. The van der Waals surface area contributed by atoms with Gasteiger partial charge in [0, 0.05) is 25.6 Å². The number of hydrogen-bond donors (Lipinski definition) is 0. The van der Waals surface area contributed by atoms with E-state index in [1.54, 1.807) is 16.2 Å². The molecule has 3 fully saturated rings. The normalized spacial score (nSPS) is 31.8.